The summed E-state index contributed by atoms with van der Waals surface area (Å²) in [5.74, 6) is -0.273. The van der Waals surface area contributed by atoms with Crippen LogP contribution in [0.5, 0.6) is 0 Å². The number of hydrogen-bond acceptors (Lipinski definition) is 3. The zero-order valence-electron chi connectivity index (χ0n) is 11.9. The third-order valence-corrected chi connectivity index (χ3v) is 4.33. The van der Waals surface area contributed by atoms with E-state index in [0.717, 1.165) is 44.6 Å². The minimum atomic E-state index is -0.655. The van der Waals surface area contributed by atoms with Crippen molar-refractivity contribution in [3.8, 4) is 0 Å². The van der Waals surface area contributed by atoms with Crippen molar-refractivity contribution in [3.05, 3.63) is 29.3 Å². The van der Waals surface area contributed by atoms with Gasteiger partial charge in [-0.2, -0.15) is 0 Å². The lowest BCUT2D eigenvalue weighted by atomic mass is 9.89. The summed E-state index contributed by atoms with van der Waals surface area (Å²) in [6, 6.07) is 7.40. The smallest absolute Gasteiger partial charge is 0.243 e. The molecule has 4 nitrogen and oxygen atoms in total. The first-order valence-electron chi connectivity index (χ1n) is 7.12. The molecule has 1 aromatic carbocycles. The van der Waals surface area contributed by atoms with Gasteiger partial charge >= 0.3 is 0 Å². The van der Waals surface area contributed by atoms with E-state index >= 15 is 0 Å². The lowest BCUT2D eigenvalue weighted by Gasteiger charge is -2.31. The predicted molar refractivity (Wildman–Crippen MR) is 83.0 cm³/mol. The normalized spacial score (nSPS) is 24.1. The second kappa shape index (κ2) is 6.46. The van der Waals surface area contributed by atoms with Crippen LogP contribution >= 0.6 is 11.6 Å². The van der Waals surface area contributed by atoms with Crippen LogP contribution in [0.2, 0.25) is 5.02 Å². The fourth-order valence-electron chi connectivity index (χ4n) is 2.75. The van der Waals surface area contributed by atoms with Gasteiger partial charge in [-0.1, -0.05) is 18.5 Å². The van der Waals surface area contributed by atoms with Gasteiger partial charge in [0.05, 0.1) is 0 Å². The van der Waals surface area contributed by atoms with Crippen LogP contribution in [0.25, 0.3) is 0 Å². The van der Waals surface area contributed by atoms with Gasteiger partial charge in [-0.25, -0.2) is 0 Å². The van der Waals surface area contributed by atoms with Gasteiger partial charge in [-0.3, -0.25) is 4.79 Å². The molecule has 5 heteroatoms. The first kappa shape index (κ1) is 15.1. The van der Waals surface area contributed by atoms with Gasteiger partial charge in [0.2, 0.25) is 5.91 Å². The van der Waals surface area contributed by atoms with Crippen LogP contribution in [-0.2, 0) is 4.79 Å². The number of nitrogens with zero attached hydrogens (tertiary/aromatic N) is 1. The minimum Gasteiger partial charge on any atom is -0.371 e. The molecule has 1 amide bonds. The molecular weight excluding hydrogens is 274 g/mol. The second-order valence-corrected chi connectivity index (χ2v) is 5.80. The second-order valence-electron chi connectivity index (χ2n) is 5.37. The van der Waals surface area contributed by atoms with E-state index in [0.29, 0.717) is 5.02 Å². The summed E-state index contributed by atoms with van der Waals surface area (Å²) in [6.45, 7) is 5.06. The molecule has 0 bridgehead atoms. The van der Waals surface area contributed by atoms with E-state index in [4.69, 9.17) is 17.3 Å². The first-order chi connectivity index (χ1) is 9.55. The van der Waals surface area contributed by atoms with Crippen molar-refractivity contribution in [1.82, 2.24) is 4.90 Å². The summed E-state index contributed by atoms with van der Waals surface area (Å²) in [6.07, 6.45) is 2.47. The lowest BCUT2D eigenvalue weighted by Crippen LogP contribution is -2.51. The minimum absolute atomic E-state index is 0.273. The van der Waals surface area contributed by atoms with Gasteiger partial charge in [-0.15, -0.1) is 0 Å². The predicted octanol–water partition coefficient (Wildman–Crippen LogP) is 2.48. The summed E-state index contributed by atoms with van der Waals surface area (Å²) in [7, 11) is 0. The number of carbonyl (C=O) groups is 1. The number of anilines is 1. The van der Waals surface area contributed by atoms with Crippen LogP contribution < -0.4 is 11.1 Å². The Morgan fingerprint density at radius 3 is 2.65 bits per heavy atom. The van der Waals surface area contributed by atoms with Crippen molar-refractivity contribution < 1.29 is 4.79 Å². The zero-order chi connectivity index (χ0) is 14.6. The number of likely N-dealkylation sites (tertiary alicyclic amines) is 1. The molecule has 1 aliphatic rings. The molecule has 0 spiro atoms. The lowest BCUT2D eigenvalue weighted by molar-refractivity contribution is -0.122. The average molecular weight is 296 g/mol. The van der Waals surface area contributed by atoms with Gasteiger partial charge in [-0.05, 0) is 56.6 Å². The monoisotopic (exact) mass is 295 g/mol. The van der Waals surface area contributed by atoms with Gasteiger partial charge in [0.25, 0.3) is 0 Å². The van der Waals surface area contributed by atoms with E-state index in [1.807, 2.05) is 24.3 Å². The van der Waals surface area contributed by atoms with Gasteiger partial charge in [0, 0.05) is 17.3 Å². The highest BCUT2D eigenvalue weighted by molar-refractivity contribution is 6.30. The molecule has 1 atom stereocenters. The van der Waals surface area contributed by atoms with Crippen LogP contribution in [0.4, 0.5) is 5.69 Å². The first-order valence-corrected chi connectivity index (χ1v) is 7.49. The van der Waals surface area contributed by atoms with Crippen molar-refractivity contribution in [2.45, 2.75) is 31.7 Å². The Bertz CT molecular complexity index is 463. The SMILES string of the molecule is CCN1CCCC(Nc2ccc(Cl)cc2)(C(N)=O)CC1. The summed E-state index contributed by atoms with van der Waals surface area (Å²) in [5, 5.41) is 4.03. The number of carbonyl (C=O) groups excluding carboxylic acids is 1. The molecule has 2 rings (SSSR count). The Morgan fingerprint density at radius 2 is 2.05 bits per heavy atom. The summed E-state index contributed by atoms with van der Waals surface area (Å²) in [4.78, 5) is 14.4. The molecular formula is C15H22ClN3O. The van der Waals surface area contributed by atoms with E-state index in [1.54, 1.807) is 0 Å². The molecule has 1 fully saturated rings. The largest absolute Gasteiger partial charge is 0.371 e. The summed E-state index contributed by atoms with van der Waals surface area (Å²) < 4.78 is 0. The van der Waals surface area contributed by atoms with Gasteiger partial charge in [0.15, 0.2) is 0 Å². The third-order valence-electron chi connectivity index (χ3n) is 4.08. The Hall–Kier alpha value is -1.26. The molecule has 1 unspecified atom stereocenters. The maximum atomic E-state index is 12.0. The third kappa shape index (κ3) is 3.44. The van der Waals surface area contributed by atoms with Crippen molar-refractivity contribution in [3.63, 3.8) is 0 Å². The summed E-state index contributed by atoms with van der Waals surface area (Å²) >= 11 is 5.89. The molecule has 0 radical (unpaired) electrons. The number of amides is 1. The molecule has 0 aliphatic carbocycles. The zero-order valence-corrected chi connectivity index (χ0v) is 12.6. The van der Waals surface area contributed by atoms with Crippen molar-refractivity contribution in [2.75, 3.05) is 25.0 Å². The van der Waals surface area contributed by atoms with Gasteiger partial charge < -0.3 is 16.0 Å². The Labute approximate surface area is 125 Å². The van der Waals surface area contributed by atoms with Crippen LogP contribution in [0.15, 0.2) is 24.3 Å². The maximum absolute atomic E-state index is 12.0. The van der Waals surface area contributed by atoms with Crippen LogP contribution in [0, 0.1) is 0 Å². The number of benzene rings is 1. The number of halogens is 1. The molecule has 1 aliphatic heterocycles. The number of rotatable bonds is 4. The van der Waals surface area contributed by atoms with E-state index in [9.17, 15) is 4.79 Å². The Morgan fingerprint density at radius 1 is 1.35 bits per heavy atom. The fourth-order valence-corrected chi connectivity index (χ4v) is 2.87. The highest BCUT2D eigenvalue weighted by atomic mass is 35.5. The quantitative estimate of drug-likeness (QED) is 0.897. The highest BCUT2D eigenvalue weighted by Gasteiger charge is 2.37. The number of nitrogens with one attached hydrogen (secondary N) is 1. The Balaban J connectivity index is 2.17. The van der Waals surface area contributed by atoms with Crippen molar-refractivity contribution in [1.29, 1.82) is 0 Å². The van der Waals surface area contributed by atoms with E-state index in [2.05, 4.69) is 17.1 Å². The topological polar surface area (TPSA) is 58.4 Å². The maximum Gasteiger partial charge on any atom is 0.243 e. The standard InChI is InChI=1S/C15H22ClN3O/c1-2-19-10-3-8-15(9-11-19,14(17)20)18-13-6-4-12(16)5-7-13/h4-7,18H,2-3,8-11H2,1H3,(H2,17,20). The Kier molecular flexibility index (Phi) is 4.89. The van der Waals surface area contributed by atoms with Crippen LogP contribution in [-0.4, -0.2) is 36.0 Å². The molecule has 0 saturated carbocycles. The molecule has 1 saturated heterocycles. The van der Waals surface area contributed by atoms with E-state index < -0.39 is 5.54 Å². The number of hydrogen-bond donors (Lipinski definition) is 2. The molecule has 110 valence electrons. The van der Waals surface area contributed by atoms with Crippen LogP contribution in [0.1, 0.15) is 26.2 Å². The van der Waals surface area contributed by atoms with E-state index in [-0.39, 0.29) is 5.91 Å². The fraction of sp³-hybridized carbons (Fsp3) is 0.533. The number of primary amides is 1. The van der Waals surface area contributed by atoms with Gasteiger partial charge in [0.1, 0.15) is 5.54 Å². The molecule has 1 heterocycles. The van der Waals surface area contributed by atoms with Crippen molar-refractivity contribution >= 4 is 23.2 Å². The van der Waals surface area contributed by atoms with Crippen molar-refractivity contribution in [2.24, 2.45) is 5.73 Å². The highest BCUT2D eigenvalue weighted by Crippen LogP contribution is 2.27. The number of nitrogens with two attached hydrogens (primary N) is 1. The summed E-state index contributed by atoms with van der Waals surface area (Å²) in [5.41, 5.74) is 5.92. The molecule has 1 aromatic rings. The average Bonchev–Trinajstić information content (AvgIpc) is 2.65. The van der Waals surface area contributed by atoms with E-state index in [1.165, 1.54) is 0 Å². The molecule has 0 aromatic heterocycles. The van der Waals surface area contributed by atoms with Crippen LogP contribution in [0.3, 0.4) is 0 Å². The molecule has 20 heavy (non-hydrogen) atoms. The molecule has 3 N–H and O–H groups in total.